The van der Waals surface area contributed by atoms with Crippen LogP contribution in [0.1, 0.15) is 42.5 Å². The lowest BCUT2D eigenvalue weighted by molar-refractivity contribution is -0.892. The number of rotatable bonds is 3. The van der Waals surface area contributed by atoms with Crippen molar-refractivity contribution >= 4 is 11.7 Å². The Bertz CT molecular complexity index is 601. The number of carbonyl (C=O) groups excluding carboxylic acids is 1. The number of quaternary nitrogens is 1. The van der Waals surface area contributed by atoms with Gasteiger partial charge in [-0.2, -0.15) is 0 Å². The summed E-state index contributed by atoms with van der Waals surface area (Å²) in [5.41, 5.74) is 0.0371. The van der Waals surface area contributed by atoms with Gasteiger partial charge >= 0.3 is 5.97 Å². The van der Waals surface area contributed by atoms with Gasteiger partial charge in [0.1, 0.15) is 5.60 Å². The molecule has 0 radical (unpaired) electrons. The molecule has 3 atom stereocenters. The molecule has 6 heteroatoms. The maximum absolute atomic E-state index is 12.5. The number of nitrogens with one attached hydrogen (secondary N) is 1. The molecule has 1 saturated heterocycles. The molecule has 0 amide bonds. The minimum atomic E-state index is -0.468. The highest BCUT2D eigenvalue weighted by Crippen LogP contribution is 2.40. The van der Waals surface area contributed by atoms with E-state index in [0.29, 0.717) is 11.5 Å². The van der Waals surface area contributed by atoms with E-state index in [1.165, 1.54) is 35.6 Å². The molecule has 0 aromatic heterocycles. The van der Waals surface area contributed by atoms with Crippen molar-refractivity contribution in [2.75, 3.05) is 20.1 Å². The van der Waals surface area contributed by atoms with Crippen molar-refractivity contribution in [3.63, 3.8) is 0 Å². The van der Waals surface area contributed by atoms with Crippen molar-refractivity contribution in [2.24, 2.45) is 5.92 Å². The van der Waals surface area contributed by atoms with E-state index in [-0.39, 0.29) is 17.3 Å². The molecular formula is C17H23N2O4+. The number of benzene rings is 1. The predicted octanol–water partition coefficient (Wildman–Crippen LogP) is 1.60. The molecule has 124 valence electrons. The van der Waals surface area contributed by atoms with Crippen LogP contribution < -0.4 is 4.90 Å². The molecule has 2 aliphatic rings. The summed E-state index contributed by atoms with van der Waals surface area (Å²) >= 11 is 0. The Morgan fingerprint density at radius 3 is 2.74 bits per heavy atom. The highest BCUT2D eigenvalue weighted by atomic mass is 16.6. The summed E-state index contributed by atoms with van der Waals surface area (Å²) in [6.07, 6.45) is 5.26. The zero-order chi connectivity index (χ0) is 16.4. The number of piperidine rings is 1. The molecule has 0 bridgehead atoms. The van der Waals surface area contributed by atoms with E-state index in [1.807, 2.05) is 0 Å². The molecule has 1 heterocycles. The smallest absolute Gasteiger partial charge is 0.338 e. The van der Waals surface area contributed by atoms with Gasteiger partial charge in [0.2, 0.25) is 0 Å². The Kier molecular flexibility index (Phi) is 4.35. The largest absolute Gasteiger partial charge is 0.455 e. The number of fused-ring (bicyclic) bond motifs is 1. The number of hydrogen-bond acceptors (Lipinski definition) is 4. The monoisotopic (exact) mass is 319 g/mol. The van der Waals surface area contributed by atoms with Crippen LogP contribution >= 0.6 is 0 Å². The summed E-state index contributed by atoms with van der Waals surface area (Å²) in [5, 5.41) is 10.7. The van der Waals surface area contributed by atoms with Gasteiger partial charge in [0.25, 0.3) is 5.69 Å². The predicted molar refractivity (Wildman–Crippen MR) is 84.4 cm³/mol. The van der Waals surface area contributed by atoms with Gasteiger partial charge in [-0.1, -0.05) is 6.42 Å². The third-order valence-electron chi connectivity index (χ3n) is 5.33. The number of carbonyl (C=O) groups is 1. The topological polar surface area (TPSA) is 73.9 Å². The number of non-ortho nitro benzene ring substituents is 1. The van der Waals surface area contributed by atoms with E-state index < -0.39 is 4.92 Å². The third-order valence-corrected chi connectivity index (χ3v) is 5.33. The molecule has 1 saturated carbocycles. The first-order chi connectivity index (χ1) is 11.0. The Morgan fingerprint density at radius 2 is 2.04 bits per heavy atom. The molecule has 2 fully saturated rings. The summed E-state index contributed by atoms with van der Waals surface area (Å²) in [6, 6.07) is 5.67. The second-order valence-electron chi connectivity index (χ2n) is 6.86. The maximum Gasteiger partial charge on any atom is 0.338 e. The number of hydrogen-bond donors (Lipinski definition) is 1. The SMILES string of the molecule is C[NH+]1CC[C@]2(OC(=O)c3ccc([N+](=O)[O-])cc3)CCCC[C@@H]2C1. The van der Waals surface area contributed by atoms with Crippen LogP contribution in [0.4, 0.5) is 5.69 Å². The molecular weight excluding hydrogens is 296 g/mol. The average Bonchev–Trinajstić information content (AvgIpc) is 2.55. The van der Waals surface area contributed by atoms with Crippen LogP contribution in [-0.4, -0.2) is 36.6 Å². The summed E-state index contributed by atoms with van der Waals surface area (Å²) in [6.45, 7) is 2.07. The third kappa shape index (κ3) is 3.22. The lowest BCUT2D eigenvalue weighted by atomic mass is 9.71. The second-order valence-corrected chi connectivity index (χ2v) is 6.86. The number of nitro groups is 1. The van der Waals surface area contributed by atoms with Gasteiger partial charge in [0.15, 0.2) is 0 Å². The lowest BCUT2D eigenvalue weighted by Gasteiger charge is -2.47. The molecule has 1 aliphatic heterocycles. The van der Waals surface area contributed by atoms with Crippen LogP contribution in [0.15, 0.2) is 24.3 Å². The summed E-state index contributed by atoms with van der Waals surface area (Å²) in [5.74, 6) is 0.0679. The van der Waals surface area contributed by atoms with Gasteiger partial charge in [-0.15, -0.1) is 0 Å². The summed E-state index contributed by atoms with van der Waals surface area (Å²) < 4.78 is 6.00. The van der Waals surface area contributed by atoms with Crippen LogP contribution in [0.25, 0.3) is 0 Å². The van der Waals surface area contributed by atoms with E-state index in [2.05, 4.69) is 7.05 Å². The van der Waals surface area contributed by atoms with E-state index >= 15 is 0 Å². The zero-order valence-corrected chi connectivity index (χ0v) is 13.4. The van der Waals surface area contributed by atoms with Gasteiger partial charge in [-0.25, -0.2) is 4.79 Å². The number of ether oxygens (including phenoxy) is 1. The fourth-order valence-electron chi connectivity index (χ4n) is 4.00. The fraction of sp³-hybridized carbons (Fsp3) is 0.588. The van der Waals surface area contributed by atoms with Crippen molar-refractivity contribution in [2.45, 2.75) is 37.7 Å². The van der Waals surface area contributed by atoms with Crippen molar-refractivity contribution in [1.29, 1.82) is 0 Å². The minimum Gasteiger partial charge on any atom is -0.455 e. The summed E-state index contributed by atoms with van der Waals surface area (Å²) in [7, 11) is 2.19. The van der Waals surface area contributed by atoms with E-state index in [9.17, 15) is 14.9 Å². The van der Waals surface area contributed by atoms with Crippen LogP contribution in [0.2, 0.25) is 0 Å². The van der Waals surface area contributed by atoms with Crippen LogP contribution in [0.5, 0.6) is 0 Å². The maximum atomic E-state index is 12.5. The molecule has 23 heavy (non-hydrogen) atoms. The molecule has 1 N–H and O–H groups in total. The van der Waals surface area contributed by atoms with Crippen molar-refractivity contribution in [3.05, 3.63) is 39.9 Å². The molecule has 6 nitrogen and oxygen atoms in total. The van der Waals surface area contributed by atoms with E-state index in [1.54, 1.807) is 0 Å². The quantitative estimate of drug-likeness (QED) is 0.522. The average molecular weight is 319 g/mol. The number of esters is 1. The Morgan fingerprint density at radius 1 is 1.30 bits per heavy atom. The number of nitro benzene ring substituents is 1. The van der Waals surface area contributed by atoms with Crippen LogP contribution in [0, 0.1) is 16.0 Å². The highest BCUT2D eigenvalue weighted by Gasteiger charge is 2.48. The number of likely N-dealkylation sites (tertiary alicyclic amines) is 1. The summed E-state index contributed by atoms with van der Waals surface area (Å²) in [4.78, 5) is 24.3. The molecule has 3 rings (SSSR count). The first-order valence-corrected chi connectivity index (χ1v) is 8.29. The van der Waals surface area contributed by atoms with E-state index in [0.717, 1.165) is 38.8 Å². The van der Waals surface area contributed by atoms with Crippen molar-refractivity contribution in [3.8, 4) is 0 Å². The molecule has 1 aromatic rings. The molecule has 1 aliphatic carbocycles. The Balaban J connectivity index is 1.76. The first kappa shape index (κ1) is 15.9. The van der Waals surface area contributed by atoms with Crippen molar-refractivity contribution < 1.29 is 19.4 Å². The minimum absolute atomic E-state index is 0.0156. The first-order valence-electron chi connectivity index (χ1n) is 8.29. The molecule has 1 unspecified atom stereocenters. The highest BCUT2D eigenvalue weighted by molar-refractivity contribution is 5.90. The van der Waals surface area contributed by atoms with Crippen LogP contribution in [-0.2, 0) is 4.74 Å². The standard InChI is InChI=1S/C17H22N2O4/c1-18-11-10-17(9-3-2-4-14(17)12-18)23-16(20)13-5-7-15(8-6-13)19(21)22/h5-8,14H,2-4,9-12H2,1H3/p+1/t14-,17-/m1/s1. The number of nitrogens with zero attached hydrogens (tertiary/aromatic N) is 1. The van der Waals surface area contributed by atoms with Crippen molar-refractivity contribution in [1.82, 2.24) is 0 Å². The Labute approximate surface area is 135 Å². The molecule has 0 spiro atoms. The zero-order valence-electron chi connectivity index (χ0n) is 13.4. The lowest BCUT2D eigenvalue weighted by Crippen LogP contribution is -3.12. The van der Waals surface area contributed by atoms with Gasteiger partial charge in [-0.05, 0) is 31.4 Å². The van der Waals surface area contributed by atoms with Crippen LogP contribution in [0.3, 0.4) is 0 Å². The second kappa shape index (κ2) is 6.28. The van der Waals surface area contributed by atoms with E-state index in [4.69, 9.17) is 4.74 Å². The van der Waals surface area contributed by atoms with Gasteiger partial charge in [0, 0.05) is 24.5 Å². The fourth-order valence-corrected chi connectivity index (χ4v) is 4.00. The van der Waals surface area contributed by atoms with Gasteiger partial charge < -0.3 is 9.64 Å². The van der Waals surface area contributed by atoms with Gasteiger partial charge in [0.05, 0.1) is 30.6 Å². The van der Waals surface area contributed by atoms with Gasteiger partial charge in [-0.3, -0.25) is 10.1 Å². The molecule has 1 aromatic carbocycles. The normalized spacial score (nSPS) is 30.3. The Hall–Kier alpha value is -1.95.